The summed E-state index contributed by atoms with van der Waals surface area (Å²) >= 11 is 0. The topological polar surface area (TPSA) is 87.1 Å². The molecule has 1 fully saturated rings. The lowest BCUT2D eigenvalue weighted by molar-refractivity contribution is -0.159. The Bertz CT molecular complexity index is 310. The first-order chi connectivity index (χ1) is 6.61. The molecule has 1 saturated heterocycles. The Morgan fingerprint density at radius 2 is 1.93 bits per heavy atom. The van der Waals surface area contributed by atoms with Crippen LogP contribution < -0.4 is 0 Å². The number of rotatable bonds is 2. The van der Waals surface area contributed by atoms with E-state index in [2.05, 4.69) is 0 Å². The monoisotopic (exact) mass is 217 g/mol. The van der Waals surface area contributed by atoms with Gasteiger partial charge < -0.3 is 14.9 Å². The van der Waals surface area contributed by atoms with Crippen LogP contribution in [0, 0.1) is 0 Å². The van der Waals surface area contributed by atoms with Gasteiger partial charge in [0.25, 0.3) is 0 Å². The van der Waals surface area contributed by atoms with Crippen LogP contribution in [-0.4, -0.2) is 44.5 Å². The van der Waals surface area contributed by atoms with Gasteiger partial charge in [-0.1, -0.05) is 0 Å². The van der Waals surface area contributed by atoms with Crippen molar-refractivity contribution in [3.63, 3.8) is 0 Å². The lowest BCUT2D eigenvalue weighted by Crippen LogP contribution is -2.58. The van der Waals surface area contributed by atoms with Crippen LogP contribution >= 0.6 is 0 Å². The Morgan fingerprint density at radius 1 is 1.47 bits per heavy atom. The van der Waals surface area contributed by atoms with Gasteiger partial charge in [0.1, 0.15) is 6.04 Å². The zero-order valence-electron chi connectivity index (χ0n) is 9.14. The molecular weight excluding hydrogens is 202 g/mol. The molecule has 6 heteroatoms. The second-order valence-electron chi connectivity index (χ2n) is 4.28. The molecule has 0 aliphatic carbocycles. The van der Waals surface area contributed by atoms with Crippen molar-refractivity contribution in [1.82, 2.24) is 4.90 Å². The van der Waals surface area contributed by atoms with E-state index in [1.54, 1.807) is 0 Å². The zero-order chi connectivity index (χ0) is 12.0. The molecule has 86 valence electrons. The number of carboxylic acid groups (broad SMARTS) is 1. The maximum Gasteiger partial charge on any atom is 0.413 e. The summed E-state index contributed by atoms with van der Waals surface area (Å²) in [6.07, 6.45) is -0.820. The molecule has 0 saturated carbocycles. The number of hydrogen-bond acceptors (Lipinski definition) is 4. The van der Waals surface area contributed by atoms with Crippen LogP contribution in [0.1, 0.15) is 27.7 Å². The summed E-state index contributed by atoms with van der Waals surface area (Å²) in [5.41, 5.74) is -2.77. The highest BCUT2D eigenvalue weighted by Crippen LogP contribution is 2.38. The van der Waals surface area contributed by atoms with Gasteiger partial charge in [-0.2, -0.15) is 0 Å². The van der Waals surface area contributed by atoms with Gasteiger partial charge in [0.15, 0.2) is 11.3 Å². The summed E-state index contributed by atoms with van der Waals surface area (Å²) in [6, 6.07) is -1.13. The summed E-state index contributed by atoms with van der Waals surface area (Å²) in [5, 5.41) is 18.9. The fourth-order valence-corrected chi connectivity index (χ4v) is 1.48. The number of amides is 1. The Hall–Kier alpha value is -1.30. The normalized spacial score (nSPS) is 31.3. The van der Waals surface area contributed by atoms with E-state index < -0.39 is 29.4 Å². The number of aliphatic hydroxyl groups is 1. The molecule has 0 radical (unpaired) electrons. The van der Waals surface area contributed by atoms with E-state index in [-0.39, 0.29) is 0 Å². The van der Waals surface area contributed by atoms with E-state index in [9.17, 15) is 14.7 Å². The first-order valence-corrected chi connectivity index (χ1v) is 4.59. The van der Waals surface area contributed by atoms with Crippen molar-refractivity contribution in [3.05, 3.63) is 0 Å². The quantitative estimate of drug-likeness (QED) is 0.699. The molecule has 0 aromatic rings. The Balaban J connectivity index is 3.10. The highest BCUT2D eigenvalue weighted by Gasteiger charge is 2.59. The Labute approximate surface area is 87.4 Å². The second-order valence-corrected chi connectivity index (χ2v) is 4.28. The number of carbonyl (C=O) groups is 2. The van der Waals surface area contributed by atoms with Crippen LogP contribution in [0.3, 0.4) is 0 Å². The molecule has 0 aromatic heterocycles. The van der Waals surface area contributed by atoms with Gasteiger partial charge >= 0.3 is 12.1 Å². The van der Waals surface area contributed by atoms with Gasteiger partial charge in [0, 0.05) is 0 Å². The van der Waals surface area contributed by atoms with Gasteiger partial charge in [-0.25, -0.2) is 9.59 Å². The summed E-state index contributed by atoms with van der Waals surface area (Å²) in [7, 11) is 0. The van der Waals surface area contributed by atoms with Crippen molar-refractivity contribution >= 4 is 12.1 Å². The summed E-state index contributed by atoms with van der Waals surface area (Å²) in [4.78, 5) is 23.0. The summed E-state index contributed by atoms with van der Waals surface area (Å²) in [6.45, 7) is 5.73. The third-order valence-electron chi connectivity index (χ3n) is 2.89. The summed E-state index contributed by atoms with van der Waals surface area (Å²) in [5.74, 6) is -1.19. The maximum atomic E-state index is 11.4. The van der Waals surface area contributed by atoms with Crippen LogP contribution in [0.2, 0.25) is 0 Å². The SMILES string of the molecule is C[C@H](C(=O)O)N1C(=O)OC(C)(C)[C@]1(C)O. The Kier molecular flexibility index (Phi) is 2.43. The molecule has 0 bridgehead atoms. The minimum absolute atomic E-state index is 0.820. The van der Waals surface area contributed by atoms with Crippen molar-refractivity contribution < 1.29 is 24.5 Å². The highest BCUT2D eigenvalue weighted by molar-refractivity contribution is 5.81. The number of hydrogen-bond donors (Lipinski definition) is 2. The molecule has 6 nitrogen and oxygen atoms in total. The molecular formula is C9H15NO5. The number of ether oxygens (including phenoxy) is 1. The predicted molar refractivity (Wildman–Crippen MR) is 50.1 cm³/mol. The molecule has 1 amide bonds. The molecule has 1 aliphatic heterocycles. The van der Waals surface area contributed by atoms with Crippen LogP contribution in [0.4, 0.5) is 4.79 Å². The van der Waals surface area contributed by atoms with Crippen molar-refractivity contribution in [2.75, 3.05) is 0 Å². The van der Waals surface area contributed by atoms with Gasteiger partial charge in [0.05, 0.1) is 0 Å². The minimum Gasteiger partial charge on any atom is -0.480 e. The van der Waals surface area contributed by atoms with Gasteiger partial charge in [0.2, 0.25) is 0 Å². The highest BCUT2D eigenvalue weighted by atomic mass is 16.6. The van der Waals surface area contributed by atoms with Crippen LogP contribution in [0.25, 0.3) is 0 Å². The van der Waals surface area contributed by atoms with E-state index >= 15 is 0 Å². The minimum atomic E-state index is -1.64. The van der Waals surface area contributed by atoms with E-state index in [0.29, 0.717) is 0 Å². The summed E-state index contributed by atoms with van der Waals surface area (Å²) < 4.78 is 4.92. The zero-order valence-corrected chi connectivity index (χ0v) is 9.14. The number of nitrogens with zero attached hydrogens (tertiary/aromatic N) is 1. The van der Waals surface area contributed by atoms with E-state index in [1.807, 2.05) is 0 Å². The first kappa shape index (κ1) is 11.8. The fraction of sp³-hybridized carbons (Fsp3) is 0.778. The van der Waals surface area contributed by atoms with Crippen LogP contribution in [0.5, 0.6) is 0 Å². The van der Waals surface area contributed by atoms with E-state index in [0.717, 1.165) is 4.90 Å². The Morgan fingerprint density at radius 3 is 2.20 bits per heavy atom. The van der Waals surface area contributed by atoms with Gasteiger partial charge in [-0.05, 0) is 27.7 Å². The number of carbonyl (C=O) groups excluding carboxylic acids is 1. The molecule has 0 aromatic carbocycles. The molecule has 2 N–H and O–H groups in total. The van der Waals surface area contributed by atoms with Crippen LogP contribution in [-0.2, 0) is 9.53 Å². The number of carboxylic acids is 1. The molecule has 2 atom stereocenters. The first-order valence-electron chi connectivity index (χ1n) is 4.59. The maximum absolute atomic E-state index is 11.4. The van der Waals surface area contributed by atoms with Crippen LogP contribution in [0.15, 0.2) is 0 Å². The standard InChI is InChI=1S/C9H15NO5/c1-5(6(11)12)10-7(13)15-8(2,3)9(10,4)14/h5,14H,1-4H3,(H,11,12)/t5-,9+/m1/s1. The van der Waals surface area contributed by atoms with Crippen molar-refractivity contribution in [1.29, 1.82) is 0 Å². The second kappa shape index (κ2) is 3.10. The van der Waals surface area contributed by atoms with E-state index in [1.165, 1.54) is 27.7 Å². The van der Waals surface area contributed by atoms with Gasteiger partial charge in [-0.3, -0.25) is 4.90 Å². The van der Waals surface area contributed by atoms with E-state index in [4.69, 9.17) is 9.84 Å². The third-order valence-corrected chi connectivity index (χ3v) is 2.89. The fourth-order valence-electron chi connectivity index (χ4n) is 1.48. The van der Waals surface area contributed by atoms with Crippen molar-refractivity contribution in [2.45, 2.75) is 45.1 Å². The third kappa shape index (κ3) is 1.54. The molecule has 1 rings (SSSR count). The molecule has 1 heterocycles. The lowest BCUT2D eigenvalue weighted by atomic mass is 9.95. The largest absolute Gasteiger partial charge is 0.480 e. The average Bonchev–Trinajstić information content (AvgIpc) is 2.16. The molecule has 15 heavy (non-hydrogen) atoms. The number of aliphatic carboxylic acids is 1. The van der Waals surface area contributed by atoms with Crippen molar-refractivity contribution in [3.8, 4) is 0 Å². The van der Waals surface area contributed by atoms with Crippen molar-refractivity contribution in [2.24, 2.45) is 0 Å². The average molecular weight is 217 g/mol. The van der Waals surface area contributed by atoms with Gasteiger partial charge in [-0.15, -0.1) is 0 Å². The smallest absolute Gasteiger partial charge is 0.413 e. The predicted octanol–water partition coefficient (Wildman–Crippen LogP) is 0.399. The number of cyclic esters (lactones) is 1. The molecule has 0 unspecified atom stereocenters. The molecule has 0 spiro atoms. The lowest BCUT2D eigenvalue weighted by Gasteiger charge is -2.36. The molecule has 1 aliphatic rings.